The number of benzene rings is 2. The molecule has 0 unspecified atom stereocenters. The molecule has 0 saturated carbocycles. The first-order valence-corrected chi connectivity index (χ1v) is 12.9. The standard InChI is InChI=1S/C21H14N4O4S3/c1-32(28,29)13-7-8-15-17(9-13)31-20(23-15)24-18(26)14-10-22-21-25(19(14)27)16(11-30-21)12-5-3-2-4-6-12/h2-11H,1H3,(H,23,24,26). The van der Waals surface area contributed by atoms with Gasteiger partial charge < -0.3 is 0 Å². The van der Waals surface area contributed by atoms with E-state index in [1.54, 1.807) is 6.07 Å². The molecule has 3 heterocycles. The van der Waals surface area contributed by atoms with E-state index in [0.717, 1.165) is 23.2 Å². The summed E-state index contributed by atoms with van der Waals surface area (Å²) in [6.07, 6.45) is 2.38. The Bertz CT molecular complexity index is 1670. The molecule has 0 saturated heterocycles. The number of thiazole rings is 2. The first-order valence-electron chi connectivity index (χ1n) is 9.28. The number of rotatable bonds is 4. The molecule has 0 aliphatic heterocycles. The molecule has 0 radical (unpaired) electrons. The van der Waals surface area contributed by atoms with Crippen LogP contribution in [-0.4, -0.2) is 34.9 Å². The fourth-order valence-electron chi connectivity index (χ4n) is 3.21. The first-order chi connectivity index (χ1) is 15.3. The average molecular weight is 483 g/mol. The highest BCUT2D eigenvalue weighted by atomic mass is 32.2. The van der Waals surface area contributed by atoms with E-state index in [4.69, 9.17) is 0 Å². The van der Waals surface area contributed by atoms with Gasteiger partial charge in [-0.15, -0.1) is 11.3 Å². The third kappa shape index (κ3) is 3.60. The summed E-state index contributed by atoms with van der Waals surface area (Å²) in [6.45, 7) is 0. The molecular weight excluding hydrogens is 468 g/mol. The van der Waals surface area contributed by atoms with Gasteiger partial charge in [-0.2, -0.15) is 0 Å². The van der Waals surface area contributed by atoms with Gasteiger partial charge in [0.15, 0.2) is 19.9 Å². The second kappa shape index (κ2) is 7.62. The van der Waals surface area contributed by atoms with Gasteiger partial charge in [0.1, 0.15) is 5.56 Å². The number of anilines is 1. The van der Waals surface area contributed by atoms with Gasteiger partial charge >= 0.3 is 0 Å². The SMILES string of the molecule is CS(=O)(=O)c1ccc2nc(NC(=O)c3cnc4scc(-c5ccccc5)n4c3=O)sc2c1. The van der Waals surface area contributed by atoms with Crippen molar-refractivity contribution in [2.45, 2.75) is 4.90 Å². The molecule has 0 spiro atoms. The summed E-state index contributed by atoms with van der Waals surface area (Å²) in [5, 5.41) is 4.72. The van der Waals surface area contributed by atoms with E-state index >= 15 is 0 Å². The normalized spacial score (nSPS) is 11.8. The van der Waals surface area contributed by atoms with Crippen LogP contribution in [0.2, 0.25) is 0 Å². The predicted octanol–water partition coefficient (Wildman–Crippen LogP) is 3.69. The van der Waals surface area contributed by atoms with Crippen LogP contribution < -0.4 is 10.9 Å². The van der Waals surface area contributed by atoms with Gasteiger partial charge in [0, 0.05) is 17.8 Å². The minimum absolute atomic E-state index is 0.117. The minimum atomic E-state index is -3.36. The molecule has 2 aromatic carbocycles. The van der Waals surface area contributed by atoms with E-state index < -0.39 is 21.3 Å². The van der Waals surface area contributed by atoms with E-state index in [1.807, 2.05) is 35.7 Å². The fraction of sp³-hybridized carbons (Fsp3) is 0.0476. The molecule has 0 aliphatic rings. The topological polar surface area (TPSA) is 110 Å². The summed E-state index contributed by atoms with van der Waals surface area (Å²) in [5.74, 6) is -0.635. The maximum Gasteiger partial charge on any atom is 0.271 e. The number of carbonyl (C=O) groups excluding carboxylic acids is 1. The van der Waals surface area contributed by atoms with Crippen molar-refractivity contribution in [1.29, 1.82) is 0 Å². The maximum atomic E-state index is 13.1. The Morgan fingerprint density at radius 1 is 1.12 bits per heavy atom. The van der Waals surface area contributed by atoms with Gasteiger partial charge in [0.2, 0.25) is 0 Å². The number of fused-ring (bicyclic) bond motifs is 2. The molecule has 3 aromatic heterocycles. The van der Waals surface area contributed by atoms with Crippen LogP contribution in [0, 0.1) is 0 Å². The number of carbonyl (C=O) groups is 1. The Morgan fingerprint density at radius 3 is 2.66 bits per heavy atom. The van der Waals surface area contributed by atoms with E-state index in [0.29, 0.717) is 20.9 Å². The molecule has 8 nitrogen and oxygen atoms in total. The van der Waals surface area contributed by atoms with Crippen molar-refractivity contribution in [3.63, 3.8) is 0 Å². The quantitative estimate of drug-likeness (QED) is 0.418. The zero-order valence-corrected chi connectivity index (χ0v) is 18.9. The van der Waals surface area contributed by atoms with Crippen LogP contribution in [-0.2, 0) is 9.84 Å². The molecule has 1 amide bonds. The second-order valence-corrected chi connectivity index (χ2v) is 10.8. The van der Waals surface area contributed by atoms with Crippen LogP contribution >= 0.6 is 22.7 Å². The van der Waals surface area contributed by atoms with Crippen LogP contribution in [0.15, 0.2) is 69.8 Å². The molecule has 11 heteroatoms. The monoisotopic (exact) mass is 482 g/mol. The third-order valence-corrected chi connectivity index (χ3v) is 7.65. The Labute approximate surface area is 189 Å². The summed E-state index contributed by atoms with van der Waals surface area (Å²) in [7, 11) is -3.36. The molecule has 160 valence electrons. The number of hydrogen-bond donors (Lipinski definition) is 1. The summed E-state index contributed by atoms with van der Waals surface area (Å²) in [6, 6.07) is 13.9. The van der Waals surface area contributed by atoms with E-state index in [2.05, 4.69) is 15.3 Å². The van der Waals surface area contributed by atoms with Gasteiger partial charge in [-0.3, -0.25) is 19.3 Å². The molecule has 5 aromatic rings. The molecule has 32 heavy (non-hydrogen) atoms. The lowest BCUT2D eigenvalue weighted by atomic mass is 10.2. The molecule has 0 bridgehead atoms. The largest absolute Gasteiger partial charge is 0.298 e. The summed E-state index contributed by atoms with van der Waals surface area (Å²) in [5.41, 5.74) is 1.45. The number of sulfone groups is 1. The van der Waals surface area contributed by atoms with Crippen molar-refractivity contribution in [3.05, 3.63) is 76.0 Å². The maximum absolute atomic E-state index is 13.1. The van der Waals surface area contributed by atoms with E-state index in [9.17, 15) is 18.0 Å². The van der Waals surface area contributed by atoms with Crippen molar-refractivity contribution in [2.75, 3.05) is 11.6 Å². The zero-order chi connectivity index (χ0) is 22.5. The molecule has 5 rings (SSSR count). The lowest BCUT2D eigenvalue weighted by Gasteiger charge is -2.04. The zero-order valence-electron chi connectivity index (χ0n) is 16.5. The van der Waals surface area contributed by atoms with Crippen molar-refractivity contribution >= 4 is 58.7 Å². The Kier molecular flexibility index (Phi) is 4.88. The van der Waals surface area contributed by atoms with Crippen molar-refractivity contribution in [1.82, 2.24) is 14.4 Å². The Balaban J connectivity index is 1.51. The summed E-state index contributed by atoms with van der Waals surface area (Å²) in [4.78, 5) is 35.2. The Morgan fingerprint density at radius 2 is 1.91 bits per heavy atom. The van der Waals surface area contributed by atoms with Crippen molar-refractivity contribution < 1.29 is 13.2 Å². The number of aromatic nitrogens is 3. The molecule has 0 fully saturated rings. The van der Waals surface area contributed by atoms with Crippen LogP contribution in [0.4, 0.5) is 5.13 Å². The minimum Gasteiger partial charge on any atom is -0.298 e. The molecular formula is C21H14N4O4S3. The fourth-order valence-corrected chi connectivity index (χ4v) is 5.69. The van der Waals surface area contributed by atoms with Crippen molar-refractivity contribution in [3.8, 4) is 11.3 Å². The lowest BCUT2D eigenvalue weighted by Crippen LogP contribution is -2.26. The van der Waals surface area contributed by atoms with Crippen LogP contribution in [0.25, 0.3) is 26.4 Å². The summed E-state index contributed by atoms with van der Waals surface area (Å²) < 4.78 is 25.6. The highest BCUT2D eigenvalue weighted by molar-refractivity contribution is 7.90. The summed E-state index contributed by atoms with van der Waals surface area (Å²) >= 11 is 2.44. The molecule has 0 aliphatic carbocycles. The molecule has 1 N–H and O–H groups in total. The average Bonchev–Trinajstić information content (AvgIpc) is 3.37. The molecule has 0 atom stereocenters. The van der Waals surface area contributed by atoms with Gasteiger partial charge in [0.25, 0.3) is 11.5 Å². The van der Waals surface area contributed by atoms with Crippen molar-refractivity contribution in [2.24, 2.45) is 0 Å². The predicted molar refractivity (Wildman–Crippen MR) is 125 cm³/mol. The van der Waals surface area contributed by atoms with Crippen LogP contribution in [0.1, 0.15) is 10.4 Å². The number of nitrogens with one attached hydrogen (secondary N) is 1. The third-order valence-electron chi connectivity index (χ3n) is 4.77. The van der Waals surface area contributed by atoms with Gasteiger partial charge in [-0.25, -0.2) is 18.4 Å². The van der Waals surface area contributed by atoms with Gasteiger partial charge in [-0.05, 0) is 23.8 Å². The Hall–Kier alpha value is -3.41. The smallest absolute Gasteiger partial charge is 0.271 e. The number of hydrogen-bond acceptors (Lipinski definition) is 8. The second-order valence-electron chi connectivity index (χ2n) is 6.96. The first kappa shape index (κ1) is 20.5. The number of amides is 1. The van der Waals surface area contributed by atoms with Gasteiger partial charge in [-0.1, -0.05) is 41.7 Å². The highest BCUT2D eigenvalue weighted by Crippen LogP contribution is 2.28. The lowest BCUT2D eigenvalue weighted by molar-refractivity contribution is 0.102. The van der Waals surface area contributed by atoms with E-state index in [1.165, 1.54) is 34.1 Å². The van der Waals surface area contributed by atoms with Gasteiger partial charge in [0.05, 0.1) is 20.8 Å². The van der Waals surface area contributed by atoms with E-state index in [-0.39, 0.29) is 15.6 Å². The van der Waals surface area contributed by atoms with Crippen LogP contribution in [0.3, 0.4) is 0 Å². The number of nitrogens with zero attached hydrogens (tertiary/aromatic N) is 3. The van der Waals surface area contributed by atoms with Crippen LogP contribution in [0.5, 0.6) is 0 Å². The highest BCUT2D eigenvalue weighted by Gasteiger charge is 2.19.